The standard InChI is InChI=1S/C17H22N4O3/c1-19-17(24)14(16(23)18-19)11-15(22)21-9-7-20(8-10-21)12-13-5-3-2-4-6-13/h2-6,14H,7-12H2,1H3,(H,18,23). The van der Waals surface area contributed by atoms with E-state index in [9.17, 15) is 14.4 Å². The van der Waals surface area contributed by atoms with Gasteiger partial charge in [-0.1, -0.05) is 30.3 Å². The van der Waals surface area contributed by atoms with Gasteiger partial charge in [0, 0.05) is 46.2 Å². The first-order chi connectivity index (χ1) is 11.5. The van der Waals surface area contributed by atoms with Crippen LogP contribution >= 0.6 is 0 Å². The number of carbonyl (C=O) groups excluding carboxylic acids is 3. The summed E-state index contributed by atoms with van der Waals surface area (Å²) in [4.78, 5) is 40.0. The molecule has 0 spiro atoms. The van der Waals surface area contributed by atoms with Gasteiger partial charge in [0.05, 0.1) is 0 Å². The van der Waals surface area contributed by atoms with E-state index < -0.39 is 11.8 Å². The molecule has 3 rings (SSSR count). The first-order valence-corrected chi connectivity index (χ1v) is 8.16. The highest BCUT2D eigenvalue weighted by Crippen LogP contribution is 2.16. The smallest absolute Gasteiger partial charge is 0.253 e. The molecule has 7 heteroatoms. The number of nitrogens with one attached hydrogen (secondary N) is 1. The molecule has 2 aliphatic rings. The van der Waals surface area contributed by atoms with Crippen LogP contribution in [0.5, 0.6) is 0 Å². The highest BCUT2D eigenvalue weighted by molar-refractivity contribution is 6.07. The number of nitrogens with zero attached hydrogens (tertiary/aromatic N) is 3. The Labute approximate surface area is 141 Å². The van der Waals surface area contributed by atoms with Crippen molar-refractivity contribution in [3.63, 3.8) is 0 Å². The van der Waals surface area contributed by atoms with Crippen molar-refractivity contribution in [3.8, 4) is 0 Å². The third kappa shape index (κ3) is 3.56. The molecule has 0 bridgehead atoms. The number of carbonyl (C=O) groups is 3. The molecule has 1 aromatic rings. The zero-order valence-electron chi connectivity index (χ0n) is 13.8. The van der Waals surface area contributed by atoms with Crippen LogP contribution in [0.25, 0.3) is 0 Å². The summed E-state index contributed by atoms with van der Waals surface area (Å²) < 4.78 is 0. The van der Waals surface area contributed by atoms with Crippen LogP contribution < -0.4 is 5.43 Å². The number of amides is 3. The van der Waals surface area contributed by atoms with Gasteiger partial charge in [-0.15, -0.1) is 0 Å². The molecule has 0 saturated carbocycles. The second-order valence-electron chi connectivity index (χ2n) is 6.27. The van der Waals surface area contributed by atoms with E-state index in [-0.39, 0.29) is 18.2 Å². The molecule has 2 fully saturated rings. The maximum atomic E-state index is 12.4. The summed E-state index contributed by atoms with van der Waals surface area (Å²) in [5, 5.41) is 1.15. The molecule has 0 aromatic heterocycles. The summed E-state index contributed by atoms with van der Waals surface area (Å²) in [5.74, 6) is -1.74. The lowest BCUT2D eigenvalue weighted by molar-refractivity contribution is -0.140. The summed E-state index contributed by atoms with van der Waals surface area (Å²) in [6, 6.07) is 10.2. The molecule has 2 heterocycles. The van der Waals surface area contributed by atoms with E-state index in [1.807, 2.05) is 18.2 Å². The Morgan fingerprint density at radius 2 is 1.79 bits per heavy atom. The van der Waals surface area contributed by atoms with Gasteiger partial charge in [0.2, 0.25) is 5.91 Å². The van der Waals surface area contributed by atoms with E-state index in [0.29, 0.717) is 13.1 Å². The van der Waals surface area contributed by atoms with Gasteiger partial charge in [0.15, 0.2) is 0 Å². The predicted molar refractivity (Wildman–Crippen MR) is 87.3 cm³/mol. The normalized spacial score (nSPS) is 22.0. The molecule has 7 nitrogen and oxygen atoms in total. The fourth-order valence-electron chi connectivity index (χ4n) is 3.12. The molecule has 1 N–H and O–H groups in total. The molecule has 1 atom stereocenters. The SMILES string of the molecule is CN1NC(=O)C(CC(=O)N2CCN(Cc3ccccc3)CC2)C1=O. The Hall–Kier alpha value is -2.41. The van der Waals surface area contributed by atoms with Crippen molar-refractivity contribution < 1.29 is 14.4 Å². The molecule has 2 aliphatic heterocycles. The third-order valence-electron chi connectivity index (χ3n) is 4.58. The second-order valence-corrected chi connectivity index (χ2v) is 6.27. The summed E-state index contributed by atoms with van der Waals surface area (Å²) in [5.41, 5.74) is 3.68. The van der Waals surface area contributed by atoms with Gasteiger partial charge in [-0.2, -0.15) is 0 Å². The summed E-state index contributed by atoms with van der Waals surface area (Å²) in [7, 11) is 1.49. The van der Waals surface area contributed by atoms with Crippen molar-refractivity contribution in [3.05, 3.63) is 35.9 Å². The molecule has 1 unspecified atom stereocenters. The van der Waals surface area contributed by atoms with E-state index in [0.717, 1.165) is 24.6 Å². The van der Waals surface area contributed by atoms with Crippen LogP contribution in [0.4, 0.5) is 0 Å². The van der Waals surface area contributed by atoms with Crippen LogP contribution in [-0.4, -0.2) is 65.8 Å². The Bertz CT molecular complexity index is 626. The molecule has 128 valence electrons. The van der Waals surface area contributed by atoms with E-state index in [1.165, 1.54) is 12.6 Å². The van der Waals surface area contributed by atoms with Crippen molar-refractivity contribution in [1.29, 1.82) is 0 Å². The predicted octanol–water partition coefficient (Wildman–Crippen LogP) is -0.160. The molecule has 2 saturated heterocycles. The second kappa shape index (κ2) is 7.00. The van der Waals surface area contributed by atoms with Crippen molar-refractivity contribution in [2.75, 3.05) is 33.2 Å². The first-order valence-electron chi connectivity index (χ1n) is 8.16. The number of hydrazine groups is 1. The van der Waals surface area contributed by atoms with Gasteiger partial charge >= 0.3 is 0 Å². The maximum Gasteiger partial charge on any atom is 0.253 e. The van der Waals surface area contributed by atoms with Crippen LogP contribution in [0.1, 0.15) is 12.0 Å². The average Bonchev–Trinajstić information content (AvgIpc) is 2.83. The van der Waals surface area contributed by atoms with Crippen molar-refractivity contribution in [1.82, 2.24) is 20.2 Å². The number of rotatable bonds is 4. The number of piperazine rings is 1. The quantitative estimate of drug-likeness (QED) is 0.779. The van der Waals surface area contributed by atoms with Gasteiger partial charge in [-0.3, -0.25) is 29.7 Å². The third-order valence-corrected chi connectivity index (χ3v) is 4.58. The van der Waals surface area contributed by atoms with Gasteiger partial charge in [0.25, 0.3) is 11.8 Å². The molecule has 24 heavy (non-hydrogen) atoms. The summed E-state index contributed by atoms with van der Waals surface area (Å²) in [6.07, 6.45) is -0.0479. The zero-order chi connectivity index (χ0) is 17.1. The Kier molecular flexibility index (Phi) is 4.80. The highest BCUT2D eigenvalue weighted by atomic mass is 16.2. The topological polar surface area (TPSA) is 73.0 Å². The lowest BCUT2D eigenvalue weighted by atomic mass is 10.0. The highest BCUT2D eigenvalue weighted by Gasteiger charge is 2.39. The summed E-state index contributed by atoms with van der Waals surface area (Å²) >= 11 is 0. The maximum absolute atomic E-state index is 12.4. The van der Waals surface area contributed by atoms with Gasteiger partial charge in [-0.05, 0) is 5.56 Å². The fourth-order valence-corrected chi connectivity index (χ4v) is 3.12. The van der Waals surface area contributed by atoms with Crippen LogP contribution in [0.3, 0.4) is 0 Å². The fraction of sp³-hybridized carbons (Fsp3) is 0.471. The van der Waals surface area contributed by atoms with Gasteiger partial charge in [-0.25, -0.2) is 0 Å². The largest absolute Gasteiger partial charge is 0.340 e. The zero-order valence-corrected chi connectivity index (χ0v) is 13.8. The lowest BCUT2D eigenvalue weighted by Gasteiger charge is -2.35. The van der Waals surface area contributed by atoms with Crippen LogP contribution in [0.15, 0.2) is 30.3 Å². The van der Waals surface area contributed by atoms with E-state index in [4.69, 9.17) is 0 Å². The monoisotopic (exact) mass is 330 g/mol. The van der Waals surface area contributed by atoms with Crippen LogP contribution in [0.2, 0.25) is 0 Å². The van der Waals surface area contributed by atoms with E-state index in [1.54, 1.807) is 4.90 Å². The molecular weight excluding hydrogens is 308 g/mol. The van der Waals surface area contributed by atoms with Crippen molar-refractivity contribution in [2.24, 2.45) is 5.92 Å². The van der Waals surface area contributed by atoms with Gasteiger partial charge in [0.1, 0.15) is 5.92 Å². The minimum Gasteiger partial charge on any atom is -0.340 e. The summed E-state index contributed by atoms with van der Waals surface area (Å²) in [6.45, 7) is 3.72. The van der Waals surface area contributed by atoms with E-state index >= 15 is 0 Å². The lowest BCUT2D eigenvalue weighted by Crippen LogP contribution is -2.49. The van der Waals surface area contributed by atoms with Crippen molar-refractivity contribution in [2.45, 2.75) is 13.0 Å². The van der Waals surface area contributed by atoms with Crippen LogP contribution in [0, 0.1) is 5.92 Å². The molecule has 0 aliphatic carbocycles. The minimum atomic E-state index is -0.884. The number of benzene rings is 1. The van der Waals surface area contributed by atoms with E-state index in [2.05, 4.69) is 22.5 Å². The van der Waals surface area contributed by atoms with Crippen molar-refractivity contribution >= 4 is 17.7 Å². The Balaban J connectivity index is 1.49. The molecular formula is C17H22N4O3. The average molecular weight is 330 g/mol. The number of hydrogen-bond donors (Lipinski definition) is 1. The molecule has 3 amide bonds. The Morgan fingerprint density at radius 1 is 1.12 bits per heavy atom. The first kappa shape index (κ1) is 16.4. The minimum absolute atomic E-state index is 0.0479. The molecule has 0 radical (unpaired) electrons. The number of hydrogen-bond acceptors (Lipinski definition) is 4. The Morgan fingerprint density at radius 3 is 2.38 bits per heavy atom. The molecule has 1 aromatic carbocycles. The van der Waals surface area contributed by atoms with Gasteiger partial charge < -0.3 is 4.90 Å². The van der Waals surface area contributed by atoms with Crippen LogP contribution in [-0.2, 0) is 20.9 Å².